The Labute approximate surface area is 111 Å². The third-order valence-corrected chi connectivity index (χ3v) is 2.90. The molecule has 1 aliphatic heterocycles. The highest BCUT2D eigenvalue weighted by atomic mass is 16.5. The molecule has 1 saturated heterocycles. The maximum absolute atomic E-state index is 11.8. The Bertz CT molecular complexity index is 394. The monoisotopic (exact) mass is 270 g/mol. The zero-order valence-electron chi connectivity index (χ0n) is 11.0. The standard InChI is InChI=1S/C12H18N2O5/c1-7(15)3-4-9(12(18)19-2)14-11(17)8-5-6-10(16)13-8/h8-9H,3-6H2,1-2H3,(H,13,16)(H,14,17)/t8-,9-/m1/s1. The number of esters is 1. The number of nitrogens with one attached hydrogen (secondary N) is 2. The zero-order valence-corrected chi connectivity index (χ0v) is 11.0. The molecule has 1 heterocycles. The van der Waals surface area contributed by atoms with Crippen LogP contribution >= 0.6 is 0 Å². The molecule has 1 rings (SSSR count). The second kappa shape index (κ2) is 6.86. The Morgan fingerprint density at radius 3 is 2.63 bits per heavy atom. The summed E-state index contributed by atoms with van der Waals surface area (Å²) >= 11 is 0. The van der Waals surface area contributed by atoms with Crippen molar-refractivity contribution in [3.8, 4) is 0 Å². The van der Waals surface area contributed by atoms with E-state index in [1.807, 2.05) is 0 Å². The number of hydrogen-bond acceptors (Lipinski definition) is 5. The highest BCUT2D eigenvalue weighted by Gasteiger charge is 2.30. The number of methoxy groups -OCH3 is 1. The van der Waals surface area contributed by atoms with Crippen LogP contribution in [-0.2, 0) is 23.9 Å². The molecule has 2 atom stereocenters. The summed E-state index contributed by atoms with van der Waals surface area (Å²) in [7, 11) is 1.21. The fourth-order valence-corrected chi connectivity index (χ4v) is 1.82. The summed E-state index contributed by atoms with van der Waals surface area (Å²) < 4.78 is 4.58. The van der Waals surface area contributed by atoms with Crippen molar-refractivity contribution in [3.63, 3.8) is 0 Å². The first-order chi connectivity index (χ1) is 8.93. The van der Waals surface area contributed by atoms with Crippen molar-refractivity contribution in [2.75, 3.05) is 7.11 Å². The molecule has 2 amide bonds. The minimum absolute atomic E-state index is 0.0719. The summed E-state index contributed by atoms with van der Waals surface area (Å²) in [4.78, 5) is 45.3. The molecule has 19 heavy (non-hydrogen) atoms. The van der Waals surface area contributed by atoms with Crippen molar-refractivity contribution in [1.82, 2.24) is 10.6 Å². The van der Waals surface area contributed by atoms with Gasteiger partial charge < -0.3 is 20.2 Å². The first-order valence-corrected chi connectivity index (χ1v) is 6.11. The second-order valence-electron chi connectivity index (χ2n) is 4.48. The Balaban J connectivity index is 2.55. The van der Waals surface area contributed by atoms with Gasteiger partial charge in [-0.05, 0) is 19.8 Å². The van der Waals surface area contributed by atoms with E-state index in [1.54, 1.807) is 0 Å². The lowest BCUT2D eigenvalue weighted by atomic mass is 10.1. The highest BCUT2D eigenvalue weighted by molar-refractivity contribution is 5.93. The van der Waals surface area contributed by atoms with Gasteiger partial charge in [0.05, 0.1) is 7.11 Å². The number of rotatable bonds is 6. The molecule has 106 valence electrons. The van der Waals surface area contributed by atoms with E-state index in [1.165, 1.54) is 14.0 Å². The minimum Gasteiger partial charge on any atom is -0.467 e. The third kappa shape index (κ3) is 4.69. The van der Waals surface area contributed by atoms with Crippen LogP contribution in [0.4, 0.5) is 0 Å². The molecular weight excluding hydrogens is 252 g/mol. The molecule has 1 fully saturated rings. The topological polar surface area (TPSA) is 102 Å². The van der Waals surface area contributed by atoms with Crippen LogP contribution in [0.25, 0.3) is 0 Å². The predicted octanol–water partition coefficient (Wildman–Crippen LogP) is -0.708. The fraction of sp³-hybridized carbons (Fsp3) is 0.667. The SMILES string of the molecule is COC(=O)[C@@H](CCC(C)=O)NC(=O)[C@H]1CCC(=O)N1. The van der Waals surface area contributed by atoms with Crippen LogP contribution in [0.1, 0.15) is 32.6 Å². The van der Waals surface area contributed by atoms with E-state index >= 15 is 0 Å². The van der Waals surface area contributed by atoms with Crippen LogP contribution in [0.3, 0.4) is 0 Å². The average molecular weight is 270 g/mol. The molecule has 0 aromatic heterocycles. The Morgan fingerprint density at radius 1 is 1.47 bits per heavy atom. The molecular formula is C12H18N2O5. The van der Waals surface area contributed by atoms with Gasteiger partial charge in [0.1, 0.15) is 17.9 Å². The Kier molecular flexibility index (Phi) is 5.47. The molecule has 0 saturated carbocycles. The lowest BCUT2D eigenvalue weighted by Crippen LogP contribution is -2.49. The number of ketones is 1. The number of hydrogen-bond donors (Lipinski definition) is 2. The van der Waals surface area contributed by atoms with Gasteiger partial charge in [0.15, 0.2) is 0 Å². The van der Waals surface area contributed by atoms with Gasteiger partial charge in [0, 0.05) is 12.8 Å². The fourth-order valence-electron chi connectivity index (χ4n) is 1.82. The van der Waals surface area contributed by atoms with E-state index in [2.05, 4.69) is 15.4 Å². The molecule has 0 aromatic carbocycles. The van der Waals surface area contributed by atoms with E-state index in [0.29, 0.717) is 12.8 Å². The molecule has 0 bridgehead atoms. The molecule has 0 spiro atoms. The van der Waals surface area contributed by atoms with Gasteiger partial charge in [-0.2, -0.15) is 0 Å². The molecule has 0 radical (unpaired) electrons. The van der Waals surface area contributed by atoms with Gasteiger partial charge in [0.25, 0.3) is 0 Å². The smallest absolute Gasteiger partial charge is 0.328 e. The van der Waals surface area contributed by atoms with E-state index < -0.39 is 24.0 Å². The van der Waals surface area contributed by atoms with Crippen molar-refractivity contribution in [1.29, 1.82) is 0 Å². The first-order valence-electron chi connectivity index (χ1n) is 6.11. The summed E-state index contributed by atoms with van der Waals surface area (Å²) in [5.41, 5.74) is 0. The third-order valence-electron chi connectivity index (χ3n) is 2.90. The van der Waals surface area contributed by atoms with E-state index in [0.717, 1.165) is 0 Å². The van der Waals surface area contributed by atoms with Crippen LogP contribution < -0.4 is 10.6 Å². The van der Waals surface area contributed by atoms with Crippen LogP contribution in [-0.4, -0.2) is 42.8 Å². The number of Topliss-reactive ketones (excluding diaryl/α,β-unsaturated/α-hetero) is 1. The van der Waals surface area contributed by atoms with Crippen molar-refractivity contribution in [2.45, 2.75) is 44.7 Å². The number of carbonyl (C=O) groups excluding carboxylic acids is 4. The molecule has 7 heteroatoms. The lowest BCUT2D eigenvalue weighted by molar-refractivity contribution is -0.145. The van der Waals surface area contributed by atoms with Crippen LogP contribution in [0.5, 0.6) is 0 Å². The Morgan fingerprint density at radius 2 is 2.16 bits per heavy atom. The molecule has 2 N–H and O–H groups in total. The van der Waals surface area contributed by atoms with E-state index in [-0.39, 0.29) is 24.5 Å². The van der Waals surface area contributed by atoms with Crippen molar-refractivity contribution < 1.29 is 23.9 Å². The largest absolute Gasteiger partial charge is 0.467 e. The summed E-state index contributed by atoms with van der Waals surface area (Å²) in [6.07, 6.45) is 1.07. The van der Waals surface area contributed by atoms with Gasteiger partial charge in [0.2, 0.25) is 11.8 Å². The molecule has 0 aromatic rings. The normalized spacial score (nSPS) is 19.5. The molecule has 7 nitrogen and oxygen atoms in total. The molecule has 1 aliphatic rings. The second-order valence-corrected chi connectivity index (χ2v) is 4.48. The molecule has 0 aliphatic carbocycles. The molecule has 0 unspecified atom stereocenters. The quantitative estimate of drug-likeness (QED) is 0.621. The summed E-state index contributed by atoms with van der Waals surface area (Å²) in [5, 5.41) is 5.02. The first kappa shape index (κ1) is 15.1. The van der Waals surface area contributed by atoms with Gasteiger partial charge in [-0.1, -0.05) is 0 Å². The zero-order chi connectivity index (χ0) is 14.4. The van der Waals surface area contributed by atoms with E-state index in [4.69, 9.17) is 0 Å². The van der Waals surface area contributed by atoms with E-state index in [9.17, 15) is 19.2 Å². The van der Waals surface area contributed by atoms with Crippen LogP contribution in [0.2, 0.25) is 0 Å². The number of ether oxygens (including phenoxy) is 1. The maximum atomic E-state index is 11.8. The van der Waals surface area contributed by atoms with Crippen molar-refractivity contribution in [3.05, 3.63) is 0 Å². The minimum atomic E-state index is -0.862. The van der Waals surface area contributed by atoms with Gasteiger partial charge in [-0.15, -0.1) is 0 Å². The lowest BCUT2D eigenvalue weighted by Gasteiger charge is -2.18. The summed E-state index contributed by atoms with van der Waals surface area (Å²) in [6.45, 7) is 1.41. The maximum Gasteiger partial charge on any atom is 0.328 e. The van der Waals surface area contributed by atoms with Gasteiger partial charge in [-0.3, -0.25) is 9.59 Å². The number of amides is 2. The van der Waals surface area contributed by atoms with Crippen LogP contribution in [0, 0.1) is 0 Å². The van der Waals surface area contributed by atoms with Crippen molar-refractivity contribution >= 4 is 23.6 Å². The summed E-state index contributed by atoms with van der Waals surface area (Å²) in [5.74, 6) is -1.28. The summed E-state index contributed by atoms with van der Waals surface area (Å²) in [6, 6.07) is -1.48. The Hall–Kier alpha value is -1.92. The number of carbonyl (C=O) groups is 4. The van der Waals surface area contributed by atoms with Crippen molar-refractivity contribution in [2.24, 2.45) is 0 Å². The van der Waals surface area contributed by atoms with Gasteiger partial charge in [-0.25, -0.2) is 4.79 Å². The highest BCUT2D eigenvalue weighted by Crippen LogP contribution is 2.08. The average Bonchev–Trinajstić information content (AvgIpc) is 2.79. The predicted molar refractivity (Wildman–Crippen MR) is 65.0 cm³/mol. The van der Waals surface area contributed by atoms with Crippen LogP contribution in [0.15, 0.2) is 0 Å². The van der Waals surface area contributed by atoms with Gasteiger partial charge >= 0.3 is 5.97 Å².